The molecule has 2 heterocycles. The van der Waals surface area contributed by atoms with Gasteiger partial charge in [-0.3, -0.25) is 14.9 Å². The Morgan fingerprint density at radius 3 is 2.76 bits per heavy atom. The van der Waals surface area contributed by atoms with Crippen LogP contribution in [0.25, 0.3) is 22.2 Å². The smallest absolute Gasteiger partial charge is 0.270 e. The average Bonchev–Trinajstić information content (AvgIpc) is 3.30. The number of non-ortho nitro benzene ring substituents is 1. The van der Waals surface area contributed by atoms with E-state index in [0.29, 0.717) is 28.6 Å². The number of nitrogens with zero attached hydrogens (tertiary/aromatic N) is 3. The molecular formula is C24H22N4O4S2. The van der Waals surface area contributed by atoms with Crippen LogP contribution in [0, 0.1) is 17.0 Å². The fraction of sp³-hybridized carbons (Fsp3) is 0.208. The second-order valence-electron chi connectivity index (χ2n) is 7.48. The van der Waals surface area contributed by atoms with E-state index < -0.39 is 4.92 Å². The van der Waals surface area contributed by atoms with Gasteiger partial charge in [-0.2, -0.15) is 0 Å². The quantitative estimate of drug-likeness (QED) is 0.179. The Labute approximate surface area is 204 Å². The molecule has 1 unspecified atom stereocenters. The number of nitro benzene ring substituents is 1. The molecule has 174 valence electrons. The first-order chi connectivity index (χ1) is 16.4. The van der Waals surface area contributed by atoms with Crippen LogP contribution in [0.4, 0.5) is 10.8 Å². The minimum absolute atomic E-state index is 0.00617. The Morgan fingerprint density at radius 1 is 1.24 bits per heavy atom. The first-order valence-corrected chi connectivity index (χ1v) is 12.3. The largest absolute Gasteiger partial charge is 0.494 e. The molecule has 0 aliphatic carbocycles. The standard InChI is InChI=1S/C24H22N4O4S2/c1-4-20(34-21-11-14(2)17-9-6-10-19(32-3)22(17)26-21)23(29)27-24-25-18(13-33-24)15-7-5-8-16(12-15)28(30)31/h5-13,20H,4H2,1-3H3,(H,25,27,29). The van der Waals surface area contributed by atoms with Crippen molar-refractivity contribution in [2.24, 2.45) is 0 Å². The third kappa shape index (κ3) is 5.02. The van der Waals surface area contributed by atoms with Crippen LogP contribution in [-0.2, 0) is 4.79 Å². The summed E-state index contributed by atoms with van der Waals surface area (Å²) < 4.78 is 5.46. The number of thiazole rings is 1. The summed E-state index contributed by atoms with van der Waals surface area (Å²) in [6, 6.07) is 14.0. The van der Waals surface area contributed by atoms with Gasteiger partial charge in [0.2, 0.25) is 5.91 Å². The van der Waals surface area contributed by atoms with Crippen molar-refractivity contribution in [3.63, 3.8) is 0 Å². The maximum Gasteiger partial charge on any atom is 0.270 e. The maximum atomic E-state index is 13.0. The van der Waals surface area contributed by atoms with Gasteiger partial charge in [0, 0.05) is 28.5 Å². The summed E-state index contributed by atoms with van der Waals surface area (Å²) in [6.07, 6.45) is 0.601. The lowest BCUT2D eigenvalue weighted by Gasteiger charge is -2.15. The average molecular weight is 495 g/mol. The zero-order chi connectivity index (χ0) is 24.2. The number of fused-ring (bicyclic) bond motifs is 1. The molecule has 0 aliphatic rings. The number of nitro groups is 1. The topological polar surface area (TPSA) is 107 Å². The van der Waals surface area contributed by atoms with E-state index in [1.165, 1.54) is 35.2 Å². The summed E-state index contributed by atoms with van der Waals surface area (Å²) in [4.78, 5) is 32.8. The van der Waals surface area contributed by atoms with Gasteiger partial charge in [0.15, 0.2) is 5.13 Å². The molecule has 0 saturated heterocycles. The number of pyridine rings is 1. The number of thioether (sulfide) groups is 1. The number of anilines is 1. The van der Waals surface area contributed by atoms with Crippen molar-refractivity contribution in [3.8, 4) is 17.0 Å². The molecule has 2 aromatic heterocycles. The van der Waals surface area contributed by atoms with Crippen LogP contribution < -0.4 is 10.1 Å². The summed E-state index contributed by atoms with van der Waals surface area (Å²) in [5, 5.41) is 17.5. The third-order valence-electron chi connectivity index (χ3n) is 5.22. The molecule has 10 heteroatoms. The van der Waals surface area contributed by atoms with Gasteiger partial charge in [0.1, 0.15) is 11.3 Å². The summed E-state index contributed by atoms with van der Waals surface area (Å²) in [5.74, 6) is 0.518. The number of rotatable bonds is 8. The fourth-order valence-corrected chi connectivity index (χ4v) is 5.22. The summed E-state index contributed by atoms with van der Waals surface area (Å²) >= 11 is 2.67. The van der Waals surface area contributed by atoms with Gasteiger partial charge in [-0.25, -0.2) is 9.97 Å². The van der Waals surface area contributed by atoms with Crippen molar-refractivity contribution in [3.05, 3.63) is 69.6 Å². The lowest BCUT2D eigenvalue weighted by molar-refractivity contribution is -0.384. The summed E-state index contributed by atoms with van der Waals surface area (Å²) in [6.45, 7) is 3.96. The molecule has 0 bridgehead atoms. The molecule has 0 aliphatic heterocycles. The molecule has 1 N–H and O–H groups in total. The number of aromatic nitrogens is 2. The molecule has 1 amide bonds. The van der Waals surface area contributed by atoms with Gasteiger partial charge in [-0.15, -0.1) is 11.3 Å². The van der Waals surface area contributed by atoms with Crippen LogP contribution in [0.1, 0.15) is 18.9 Å². The number of hydrogen-bond donors (Lipinski definition) is 1. The second kappa shape index (κ2) is 10.2. The first kappa shape index (κ1) is 23.7. The number of para-hydroxylation sites is 1. The van der Waals surface area contributed by atoms with Crippen LogP contribution in [-0.4, -0.2) is 33.2 Å². The number of amides is 1. The molecule has 4 aromatic rings. The van der Waals surface area contributed by atoms with Gasteiger partial charge < -0.3 is 10.1 Å². The number of aryl methyl sites for hydroxylation is 1. The predicted molar refractivity (Wildman–Crippen MR) is 136 cm³/mol. The Morgan fingerprint density at radius 2 is 2.03 bits per heavy atom. The molecule has 0 spiro atoms. The number of benzene rings is 2. The van der Waals surface area contributed by atoms with E-state index in [9.17, 15) is 14.9 Å². The summed E-state index contributed by atoms with van der Waals surface area (Å²) in [5.41, 5.74) is 3.02. The Kier molecular flexibility index (Phi) is 7.09. The minimum atomic E-state index is -0.445. The number of ether oxygens (including phenoxy) is 1. The molecule has 2 aromatic carbocycles. The highest BCUT2D eigenvalue weighted by atomic mass is 32.2. The van der Waals surface area contributed by atoms with E-state index in [1.54, 1.807) is 24.6 Å². The lowest BCUT2D eigenvalue weighted by Crippen LogP contribution is -2.24. The van der Waals surface area contributed by atoms with Crippen LogP contribution in [0.5, 0.6) is 5.75 Å². The molecule has 34 heavy (non-hydrogen) atoms. The van der Waals surface area contributed by atoms with Gasteiger partial charge >= 0.3 is 0 Å². The third-order valence-corrected chi connectivity index (χ3v) is 7.26. The second-order valence-corrected chi connectivity index (χ2v) is 9.56. The fourth-order valence-electron chi connectivity index (χ4n) is 3.48. The molecule has 8 nitrogen and oxygen atoms in total. The van der Waals surface area contributed by atoms with Crippen molar-refractivity contribution in [2.75, 3.05) is 12.4 Å². The van der Waals surface area contributed by atoms with Crippen LogP contribution in [0.15, 0.2) is 58.9 Å². The Bertz CT molecular complexity index is 1370. The van der Waals surface area contributed by atoms with Gasteiger partial charge in [0.25, 0.3) is 5.69 Å². The molecule has 0 fully saturated rings. The highest BCUT2D eigenvalue weighted by Crippen LogP contribution is 2.33. The van der Waals surface area contributed by atoms with Crippen LogP contribution in [0.3, 0.4) is 0 Å². The number of methoxy groups -OCH3 is 1. The Balaban J connectivity index is 1.51. The molecule has 0 radical (unpaired) electrons. The summed E-state index contributed by atoms with van der Waals surface area (Å²) in [7, 11) is 1.61. The molecule has 1 atom stereocenters. The maximum absolute atomic E-state index is 13.0. The van der Waals surface area contributed by atoms with Crippen LogP contribution in [0.2, 0.25) is 0 Å². The number of nitrogens with one attached hydrogen (secondary N) is 1. The number of carbonyl (C=O) groups is 1. The Hall–Kier alpha value is -3.50. The zero-order valence-electron chi connectivity index (χ0n) is 18.8. The van der Waals surface area contributed by atoms with E-state index in [4.69, 9.17) is 9.72 Å². The highest BCUT2D eigenvalue weighted by molar-refractivity contribution is 8.00. The van der Waals surface area contributed by atoms with Crippen molar-refractivity contribution >= 4 is 50.7 Å². The number of hydrogen-bond acceptors (Lipinski definition) is 8. The minimum Gasteiger partial charge on any atom is -0.494 e. The van der Waals surface area contributed by atoms with Crippen molar-refractivity contribution in [2.45, 2.75) is 30.5 Å². The van der Waals surface area contributed by atoms with E-state index in [2.05, 4.69) is 10.3 Å². The number of carbonyl (C=O) groups excluding carboxylic acids is 1. The van der Waals surface area contributed by atoms with E-state index in [0.717, 1.165) is 21.5 Å². The van der Waals surface area contributed by atoms with Gasteiger partial charge in [-0.1, -0.05) is 43.0 Å². The zero-order valence-corrected chi connectivity index (χ0v) is 20.4. The molecule has 4 rings (SSSR count). The van der Waals surface area contributed by atoms with E-state index in [-0.39, 0.29) is 16.8 Å². The van der Waals surface area contributed by atoms with Crippen LogP contribution >= 0.6 is 23.1 Å². The van der Waals surface area contributed by atoms with Gasteiger partial charge in [0.05, 0.1) is 28.0 Å². The first-order valence-electron chi connectivity index (χ1n) is 10.5. The highest BCUT2D eigenvalue weighted by Gasteiger charge is 2.21. The normalized spacial score (nSPS) is 11.9. The van der Waals surface area contributed by atoms with Crippen molar-refractivity contribution < 1.29 is 14.5 Å². The monoisotopic (exact) mass is 494 g/mol. The predicted octanol–water partition coefficient (Wildman–Crippen LogP) is 6.09. The molecular weight excluding hydrogens is 472 g/mol. The van der Waals surface area contributed by atoms with E-state index >= 15 is 0 Å². The van der Waals surface area contributed by atoms with Crippen molar-refractivity contribution in [1.82, 2.24) is 9.97 Å². The molecule has 0 saturated carbocycles. The lowest BCUT2D eigenvalue weighted by atomic mass is 10.1. The van der Waals surface area contributed by atoms with E-state index in [1.807, 2.05) is 38.1 Å². The van der Waals surface area contributed by atoms with Crippen molar-refractivity contribution in [1.29, 1.82) is 0 Å². The SMILES string of the molecule is CCC(Sc1cc(C)c2cccc(OC)c2n1)C(=O)Nc1nc(-c2cccc([N+](=O)[O-])c2)cs1. The van der Waals surface area contributed by atoms with Gasteiger partial charge in [-0.05, 0) is 31.0 Å².